The van der Waals surface area contributed by atoms with Gasteiger partial charge in [-0.25, -0.2) is 4.79 Å². The first-order valence-electron chi connectivity index (χ1n) is 11.1. The Labute approximate surface area is 213 Å². The molecule has 0 aliphatic heterocycles. The third-order valence-corrected chi connectivity index (χ3v) is 7.33. The monoisotopic (exact) mass is 524 g/mol. The number of para-hydroxylation sites is 1. The van der Waals surface area contributed by atoms with Crippen LogP contribution in [0.15, 0.2) is 88.4 Å². The summed E-state index contributed by atoms with van der Waals surface area (Å²) in [6.45, 7) is 1.56. The van der Waals surface area contributed by atoms with Crippen molar-refractivity contribution in [1.29, 1.82) is 0 Å². The first-order valence-corrected chi connectivity index (χ1v) is 13.4. The fourth-order valence-corrected chi connectivity index (χ4v) is 4.81. The van der Waals surface area contributed by atoms with Crippen LogP contribution in [0.25, 0.3) is 10.9 Å². The molecular weight excluding hydrogens is 500 g/mol. The molecule has 1 unspecified atom stereocenters. The first-order chi connectivity index (χ1) is 17.4. The zero-order valence-corrected chi connectivity index (χ0v) is 21.1. The van der Waals surface area contributed by atoms with Crippen molar-refractivity contribution in [2.75, 3.05) is 13.2 Å². The van der Waals surface area contributed by atoms with Gasteiger partial charge in [-0.1, -0.05) is 53.2 Å². The highest BCUT2D eigenvalue weighted by molar-refractivity contribution is 7.86. The standard InChI is InChI=1S/C26H24N2O6S2/c1-19-9-11-23(12-10-19)36(30,31)33-18-22(13-15-32-26(29)24-8-4-16-35-24)34-28-17-21-6-2-5-20-7-3-14-27-25(20)21/h2-12,14,16-17,22H,13,15,18H2,1H3/b28-17+. The average Bonchev–Trinajstić information content (AvgIpc) is 3.43. The summed E-state index contributed by atoms with van der Waals surface area (Å²) in [7, 11) is -4.00. The minimum absolute atomic E-state index is 0.000677. The molecule has 0 saturated heterocycles. The summed E-state index contributed by atoms with van der Waals surface area (Å²) in [4.78, 5) is 22.6. The minimum Gasteiger partial charge on any atom is -0.461 e. The molecular formula is C26H24N2O6S2. The number of oxime groups is 1. The molecule has 36 heavy (non-hydrogen) atoms. The Bertz CT molecular complexity index is 1430. The molecule has 2 aromatic carbocycles. The molecule has 0 N–H and O–H groups in total. The summed E-state index contributed by atoms with van der Waals surface area (Å²) < 4.78 is 35.8. The summed E-state index contributed by atoms with van der Waals surface area (Å²) in [6.07, 6.45) is 2.58. The minimum atomic E-state index is -4.00. The van der Waals surface area contributed by atoms with Gasteiger partial charge >= 0.3 is 5.97 Å². The summed E-state index contributed by atoms with van der Waals surface area (Å²) in [6, 6.07) is 19.2. The molecule has 8 nitrogen and oxygen atoms in total. The van der Waals surface area contributed by atoms with E-state index in [4.69, 9.17) is 13.8 Å². The molecule has 0 fully saturated rings. The van der Waals surface area contributed by atoms with Gasteiger partial charge in [-0.05, 0) is 36.6 Å². The lowest BCUT2D eigenvalue weighted by Gasteiger charge is -2.15. The van der Waals surface area contributed by atoms with E-state index in [1.807, 2.05) is 37.3 Å². The Morgan fingerprint density at radius 3 is 2.67 bits per heavy atom. The second kappa shape index (κ2) is 11.9. The molecule has 10 heteroatoms. The van der Waals surface area contributed by atoms with E-state index in [-0.39, 0.29) is 24.5 Å². The van der Waals surface area contributed by atoms with Crippen molar-refractivity contribution in [2.45, 2.75) is 24.3 Å². The number of hydrogen-bond donors (Lipinski definition) is 0. The fraction of sp³-hybridized carbons (Fsp3) is 0.192. The van der Waals surface area contributed by atoms with Gasteiger partial charge in [0.25, 0.3) is 10.1 Å². The van der Waals surface area contributed by atoms with Crippen LogP contribution in [0.5, 0.6) is 0 Å². The number of benzene rings is 2. The molecule has 0 amide bonds. The highest BCUT2D eigenvalue weighted by Crippen LogP contribution is 2.17. The van der Waals surface area contributed by atoms with Crippen molar-refractivity contribution < 1.29 is 27.0 Å². The Morgan fingerprint density at radius 1 is 1.08 bits per heavy atom. The topological polar surface area (TPSA) is 104 Å². The average molecular weight is 525 g/mol. The van der Waals surface area contributed by atoms with Crippen molar-refractivity contribution in [2.24, 2.45) is 5.16 Å². The molecule has 186 valence electrons. The largest absolute Gasteiger partial charge is 0.461 e. The Kier molecular flexibility index (Phi) is 8.42. The second-order valence-electron chi connectivity index (χ2n) is 7.84. The summed E-state index contributed by atoms with van der Waals surface area (Å²) in [5, 5.41) is 6.78. The molecule has 0 bridgehead atoms. The normalized spacial score (nSPS) is 12.6. The van der Waals surface area contributed by atoms with E-state index < -0.39 is 22.2 Å². The summed E-state index contributed by atoms with van der Waals surface area (Å²) in [5.41, 5.74) is 2.43. The number of ether oxygens (including phenoxy) is 1. The van der Waals surface area contributed by atoms with Crippen LogP contribution in [-0.2, 0) is 23.9 Å². The summed E-state index contributed by atoms with van der Waals surface area (Å²) >= 11 is 1.28. The van der Waals surface area contributed by atoms with E-state index in [1.54, 1.807) is 35.8 Å². The number of carbonyl (C=O) groups is 1. The smallest absolute Gasteiger partial charge is 0.348 e. The van der Waals surface area contributed by atoms with Crippen LogP contribution in [0.4, 0.5) is 0 Å². The van der Waals surface area contributed by atoms with Gasteiger partial charge in [0.05, 0.1) is 23.2 Å². The molecule has 1 atom stereocenters. The van der Waals surface area contributed by atoms with Crippen molar-refractivity contribution >= 4 is 44.5 Å². The SMILES string of the molecule is Cc1ccc(S(=O)(=O)OCC(CCOC(=O)c2cccs2)O/N=C/c2cccc3cccnc23)cc1. The Morgan fingerprint density at radius 2 is 1.89 bits per heavy atom. The quantitative estimate of drug-likeness (QED) is 0.118. The highest BCUT2D eigenvalue weighted by Gasteiger charge is 2.20. The second-order valence-corrected chi connectivity index (χ2v) is 10.4. The number of esters is 1. The molecule has 4 aromatic rings. The maximum Gasteiger partial charge on any atom is 0.348 e. The van der Waals surface area contributed by atoms with Crippen LogP contribution in [0.2, 0.25) is 0 Å². The number of aromatic nitrogens is 1. The lowest BCUT2D eigenvalue weighted by molar-refractivity contribution is 0.00300. The van der Waals surface area contributed by atoms with Gasteiger partial charge in [0.2, 0.25) is 0 Å². The van der Waals surface area contributed by atoms with Crippen LogP contribution in [-0.4, -0.2) is 44.9 Å². The molecule has 0 saturated carbocycles. The van der Waals surface area contributed by atoms with E-state index in [1.165, 1.54) is 29.7 Å². The highest BCUT2D eigenvalue weighted by atomic mass is 32.2. The van der Waals surface area contributed by atoms with Gasteiger partial charge in [-0.15, -0.1) is 11.3 Å². The zero-order chi connectivity index (χ0) is 25.4. The predicted molar refractivity (Wildman–Crippen MR) is 138 cm³/mol. The van der Waals surface area contributed by atoms with E-state index in [9.17, 15) is 13.2 Å². The van der Waals surface area contributed by atoms with E-state index in [0.29, 0.717) is 4.88 Å². The third-order valence-electron chi connectivity index (χ3n) is 5.18. The maximum absolute atomic E-state index is 12.6. The molecule has 0 aliphatic carbocycles. The van der Waals surface area contributed by atoms with Crippen molar-refractivity contribution in [1.82, 2.24) is 4.98 Å². The predicted octanol–water partition coefficient (Wildman–Crippen LogP) is 4.98. The molecule has 0 radical (unpaired) electrons. The van der Waals surface area contributed by atoms with Gasteiger partial charge in [0, 0.05) is 23.6 Å². The van der Waals surface area contributed by atoms with Gasteiger partial charge in [0.15, 0.2) is 6.10 Å². The first kappa shape index (κ1) is 25.5. The molecule has 0 aliphatic rings. The van der Waals surface area contributed by atoms with Gasteiger partial charge in [0.1, 0.15) is 11.5 Å². The number of aryl methyl sites for hydroxylation is 1. The number of rotatable bonds is 11. The lowest BCUT2D eigenvalue weighted by Crippen LogP contribution is -2.23. The van der Waals surface area contributed by atoms with Crippen molar-refractivity contribution in [3.63, 3.8) is 0 Å². The number of hydrogen-bond acceptors (Lipinski definition) is 9. The van der Waals surface area contributed by atoms with Gasteiger partial charge in [-0.3, -0.25) is 9.17 Å². The number of thiophene rings is 1. The van der Waals surface area contributed by atoms with E-state index in [2.05, 4.69) is 10.1 Å². The molecule has 2 aromatic heterocycles. The Balaban J connectivity index is 1.43. The van der Waals surface area contributed by atoms with Crippen molar-refractivity contribution in [3.05, 3.63) is 94.3 Å². The van der Waals surface area contributed by atoms with Crippen molar-refractivity contribution in [3.8, 4) is 0 Å². The van der Waals surface area contributed by atoms with Gasteiger partial charge in [-0.2, -0.15) is 8.42 Å². The molecule has 4 rings (SSSR count). The number of pyridine rings is 1. The van der Waals surface area contributed by atoms with E-state index >= 15 is 0 Å². The van der Waals surface area contributed by atoms with Crippen LogP contribution >= 0.6 is 11.3 Å². The molecule has 0 spiro atoms. The zero-order valence-electron chi connectivity index (χ0n) is 19.4. The maximum atomic E-state index is 12.6. The number of nitrogens with zero attached hydrogens (tertiary/aromatic N) is 2. The lowest BCUT2D eigenvalue weighted by atomic mass is 10.1. The van der Waals surface area contributed by atoms with Gasteiger partial charge < -0.3 is 9.57 Å². The van der Waals surface area contributed by atoms with Crippen LogP contribution < -0.4 is 0 Å². The Hall–Kier alpha value is -3.60. The van der Waals surface area contributed by atoms with Crippen LogP contribution in [0.1, 0.15) is 27.2 Å². The fourth-order valence-electron chi connectivity index (χ4n) is 3.26. The molecule has 2 heterocycles. The number of carbonyl (C=O) groups excluding carboxylic acids is 1. The summed E-state index contributed by atoms with van der Waals surface area (Å²) in [5.74, 6) is -0.456. The van der Waals surface area contributed by atoms with Crippen LogP contribution in [0.3, 0.4) is 0 Å². The third kappa shape index (κ3) is 6.75. The van der Waals surface area contributed by atoms with E-state index in [0.717, 1.165) is 22.0 Å². The van der Waals surface area contributed by atoms with Crippen LogP contribution in [0, 0.1) is 6.92 Å². The number of fused-ring (bicyclic) bond motifs is 1.